The second-order valence-electron chi connectivity index (χ2n) is 7.35. The van der Waals surface area contributed by atoms with Gasteiger partial charge in [0.05, 0.1) is 17.6 Å². The highest BCUT2D eigenvalue weighted by atomic mass is 35.5. The Kier molecular flexibility index (Phi) is 5.87. The molecule has 0 spiro atoms. The molecule has 9 heteroatoms. The minimum absolute atomic E-state index is 0.0210. The molecule has 2 N–H and O–H groups in total. The Morgan fingerprint density at radius 3 is 2.80 bits per heavy atom. The van der Waals surface area contributed by atoms with E-state index in [0.29, 0.717) is 39.4 Å². The van der Waals surface area contributed by atoms with Crippen molar-refractivity contribution < 1.29 is 4.79 Å². The number of hydrogen-bond donors (Lipinski definition) is 1. The van der Waals surface area contributed by atoms with E-state index in [9.17, 15) is 10.1 Å². The number of rotatable bonds is 4. The van der Waals surface area contributed by atoms with Gasteiger partial charge < -0.3 is 5.73 Å². The van der Waals surface area contributed by atoms with Crippen LogP contribution >= 0.6 is 34.7 Å². The van der Waals surface area contributed by atoms with Crippen LogP contribution in [0.25, 0.3) is 0 Å². The first-order valence-corrected chi connectivity index (χ1v) is 11.7. The Hall–Kier alpha value is -2.34. The van der Waals surface area contributed by atoms with Crippen LogP contribution in [0.15, 0.2) is 51.3 Å². The normalized spacial score (nSPS) is 19.4. The standard InChI is InChI=1S/C21H20ClN5OS2/c1-11(2)29-21-26-25-20(30-21)27-15-8-5-9-16(28)18(15)17(13(10-23)19(27)24)12-6-3-4-7-14(12)22/h3-4,6-7,11,17H,5,8-9,24H2,1-2H3. The largest absolute Gasteiger partial charge is 0.384 e. The Morgan fingerprint density at radius 1 is 1.33 bits per heavy atom. The van der Waals surface area contributed by atoms with E-state index in [2.05, 4.69) is 30.1 Å². The smallest absolute Gasteiger partial charge is 0.219 e. The van der Waals surface area contributed by atoms with Gasteiger partial charge in [-0.05, 0) is 24.5 Å². The first-order chi connectivity index (χ1) is 14.4. The maximum Gasteiger partial charge on any atom is 0.219 e. The Balaban J connectivity index is 1.90. The molecule has 2 aliphatic rings. The Morgan fingerprint density at radius 2 is 2.10 bits per heavy atom. The highest BCUT2D eigenvalue weighted by Crippen LogP contribution is 2.48. The van der Waals surface area contributed by atoms with Crippen molar-refractivity contribution in [1.82, 2.24) is 10.2 Å². The molecule has 0 fully saturated rings. The molecule has 0 radical (unpaired) electrons. The van der Waals surface area contributed by atoms with Gasteiger partial charge in [-0.2, -0.15) is 5.26 Å². The molecular formula is C21H20ClN5OS2. The Bertz CT molecular complexity index is 1110. The first-order valence-electron chi connectivity index (χ1n) is 9.63. The van der Waals surface area contributed by atoms with E-state index >= 15 is 0 Å². The number of hydrogen-bond acceptors (Lipinski definition) is 8. The molecule has 6 nitrogen and oxygen atoms in total. The lowest BCUT2D eigenvalue weighted by Gasteiger charge is -2.38. The molecular weight excluding hydrogens is 438 g/mol. The van der Waals surface area contributed by atoms with Crippen LogP contribution in [0.1, 0.15) is 44.6 Å². The van der Waals surface area contributed by atoms with Crippen LogP contribution in [-0.2, 0) is 4.79 Å². The summed E-state index contributed by atoms with van der Waals surface area (Å²) in [5.41, 5.74) is 8.95. The summed E-state index contributed by atoms with van der Waals surface area (Å²) in [6.45, 7) is 4.17. The molecule has 0 saturated heterocycles. The van der Waals surface area contributed by atoms with Crippen LogP contribution in [0.5, 0.6) is 0 Å². The van der Waals surface area contributed by atoms with Gasteiger partial charge in [-0.25, -0.2) is 0 Å². The van der Waals surface area contributed by atoms with Crippen LogP contribution < -0.4 is 10.6 Å². The van der Waals surface area contributed by atoms with E-state index in [4.69, 9.17) is 17.3 Å². The number of allylic oxidation sites excluding steroid dienone is 3. The van der Waals surface area contributed by atoms with Gasteiger partial charge in [0.25, 0.3) is 0 Å². The third-order valence-electron chi connectivity index (χ3n) is 5.05. The maximum absolute atomic E-state index is 13.1. The number of anilines is 1. The fourth-order valence-corrected chi connectivity index (χ4v) is 6.22. The van der Waals surface area contributed by atoms with Gasteiger partial charge in [-0.1, -0.05) is 66.7 Å². The Labute approximate surface area is 188 Å². The third-order valence-corrected chi connectivity index (χ3v) is 7.39. The lowest BCUT2D eigenvalue weighted by molar-refractivity contribution is -0.116. The van der Waals surface area contributed by atoms with Crippen molar-refractivity contribution in [1.29, 1.82) is 5.26 Å². The number of Topliss-reactive ketones (excluding diaryl/α,β-unsaturated/α-hetero) is 1. The molecule has 2 aromatic rings. The van der Waals surface area contributed by atoms with Crippen molar-refractivity contribution >= 4 is 45.6 Å². The molecule has 1 unspecified atom stereocenters. The molecule has 0 amide bonds. The average Bonchev–Trinajstić information content (AvgIpc) is 3.15. The van der Waals surface area contributed by atoms with Crippen molar-refractivity contribution in [2.24, 2.45) is 5.73 Å². The summed E-state index contributed by atoms with van der Waals surface area (Å²) >= 11 is 9.50. The summed E-state index contributed by atoms with van der Waals surface area (Å²) in [7, 11) is 0. The summed E-state index contributed by atoms with van der Waals surface area (Å²) in [6, 6.07) is 9.54. The van der Waals surface area contributed by atoms with Crippen molar-refractivity contribution in [3.8, 4) is 6.07 Å². The van der Waals surface area contributed by atoms with E-state index < -0.39 is 5.92 Å². The van der Waals surface area contributed by atoms with Crippen molar-refractivity contribution in [3.63, 3.8) is 0 Å². The molecule has 154 valence electrons. The zero-order chi connectivity index (χ0) is 21.4. The van der Waals surface area contributed by atoms with Gasteiger partial charge in [0, 0.05) is 28.0 Å². The molecule has 4 rings (SSSR count). The number of ketones is 1. The van der Waals surface area contributed by atoms with Crippen molar-refractivity contribution in [2.45, 2.75) is 48.6 Å². The fraction of sp³-hybridized carbons (Fsp3) is 0.333. The van der Waals surface area contributed by atoms with Crippen LogP contribution in [0.4, 0.5) is 5.13 Å². The van der Waals surface area contributed by atoms with E-state index in [0.717, 1.165) is 22.0 Å². The lowest BCUT2D eigenvalue weighted by atomic mass is 9.76. The molecule has 1 aliphatic carbocycles. The molecule has 0 bridgehead atoms. The van der Waals surface area contributed by atoms with Crippen molar-refractivity contribution in [2.75, 3.05) is 4.90 Å². The quantitative estimate of drug-likeness (QED) is 0.645. The van der Waals surface area contributed by atoms with E-state index in [-0.39, 0.29) is 11.6 Å². The zero-order valence-corrected chi connectivity index (χ0v) is 18.9. The monoisotopic (exact) mass is 457 g/mol. The summed E-state index contributed by atoms with van der Waals surface area (Å²) in [5.74, 6) is -0.263. The second-order valence-corrected chi connectivity index (χ2v) is 10.5. The maximum atomic E-state index is 13.1. The van der Waals surface area contributed by atoms with Crippen LogP contribution in [0.2, 0.25) is 5.02 Å². The van der Waals surface area contributed by atoms with Crippen LogP contribution in [-0.4, -0.2) is 21.2 Å². The SMILES string of the molecule is CC(C)Sc1nnc(N2C(N)=C(C#N)C(c3ccccc3Cl)C3=C2CCCC3=O)s1. The summed E-state index contributed by atoms with van der Waals surface area (Å²) in [5, 5.41) is 20.1. The van der Waals surface area contributed by atoms with Gasteiger partial charge in [0.1, 0.15) is 5.82 Å². The summed E-state index contributed by atoms with van der Waals surface area (Å²) in [6.07, 6.45) is 1.84. The van der Waals surface area contributed by atoms with Crippen LogP contribution in [0.3, 0.4) is 0 Å². The number of benzene rings is 1. The lowest BCUT2D eigenvalue weighted by Crippen LogP contribution is -2.38. The summed E-state index contributed by atoms with van der Waals surface area (Å²) in [4.78, 5) is 14.8. The van der Waals surface area contributed by atoms with Gasteiger partial charge >= 0.3 is 0 Å². The second kappa shape index (κ2) is 8.42. The average molecular weight is 458 g/mol. The zero-order valence-electron chi connectivity index (χ0n) is 16.6. The van der Waals surface area contributed by atoms with Gasteiger partial charge in [-0.15, -0.1) is 10.2 Å². The topological polar surface area (TPSA) is 95.9 Å². The number of thioether (sulfide) groups is 1. The molecule has 0 saturated carbocycles. The number of carbonyl (C=O) groups excluding carboxylic acids is 1. The molecule has 1 atom stereocenters. The predicted molar refractivity (Wildman–Crippen MR) is 120 cm³/mol. The minimum Gasteiger partial charge on any atom is -0.384 e. The molecule has 30 heavy (non-hydrogen) atoms. The molecule has 2 heterocycles. The van der Waals surface area contributed by atoms with Crippen LogP contribution in [0, 0.1) is 11.3 Å². The molecule has 1 aliphatic heterocycles. The number of aromatic nitrogens is 2. The van der Waals surface area contributed by atoms with Crippen molar-refractivity contribution in [3.05, 3.63) is 57.5 Å². The van der Waals surface area contributed by atoms with E-state index in [1.165, 1.54) is 11.3 Å². The highest BCUT2D eigenvalue weighted by Gasteiger charge is 2.41. The molecule has 1 aromatic heterocycles. The van der Waals surface area contributed by atoms with E-state index in [1.807, 2.05) is 18.2 Å². The number of nitriles is 1. The van der Waals surface area contributed by atoms with Gasteiger partial charge in [-0.3, -0.25) is 9.69 Å². The highest BCUT2D eigenvalue weighted by molar-refractivity contribution is 8.01. The summed E-state index contributed by atoms with van der Waals surface area (Å²) < 4.78 is 0.823. The third kappa shape index (κ3) is 3.62. The van der Waals surface area contributed by atoms with Gasteiger partial charge in [0.2, 0.25) is 5.13 Å². The minimum atomic E-state index is -0.569. The molecule has 1 aromatic carbocycles. The number of carbonyl (C=O) groups is 1. The van der Waals surface area contributed by atoms with Gasteiger partial charge in [0.15, 0.2) is 10.1 Å². The number of halogens is 1. The van der Waals surface area contributed by atoms with E-state index in [1.54, 1.807) is 22.7 Å². The first kappa shape index (κ1) is 20.9. The predicted octanol–water partition coefficient (Wildman–Crippen LogP) is 5.00. The number of nitrogens with two attached hydrogens (primary N) is 1. The fourth-order valence-electron chi connectivity index (χ4n) is 3.87. The number of nitrogens with zero attached hydrogens (tertiary/aromatic N) is 4.